The molecule has 1 fully saturated rings. The Balaban J connectivity index is 0. The van der Waals surface area contributed by atoms with Crippen LogP contribution < -0.4 is 38.9 Å². The van der Waals surface area contributed by atoms with Gasteiger partial charge in [0.15, 0.2) is 11.9 Å². The molecule has 0 saturated carbocycles. The van der Waals surface area contributed by atoms with Crippen LogP contribution in [0, 0.1) is 0 Å². The fourth-order valence-electron chi connectivity index (χ4n) is 1.99. The lowest BCUT2D eigenvalue weighted by Gasteiger charge is -2.33. The molecule has 0 radical (unpaired) electrons. The second-order valence-electron chi connectivity index (χ2n) is 5.17. The second kappa shape index (κ2) is 11.6. The normalized spacial score (nSPS) is 26.2. The van der Waals surface area contributed by atoms with Gasteiger partial charge in [-0.1, -0.05) is 0 Å². The Labute approximate surface area is 173 Å². The van der Waals surface area contributed by atoms with Crippen molar-refractivity contribution in [1.82, 2.24) is 33.4 Å². The maximum Gasteiger partial charge on any atom is 0.280 e. The van der Waals surface area contributed by atoms with E-state index in [2.05, 4.69) is 23.3 Å². The van der Waals surface area contributed by atoms with E-state index in [1.807, 2.05) is 0 Å². The number of hydrogen-bond donors (Lipinski definition) is 6. The number of primary amides is 1. The van der Waals surface area contributed by atoms with Crippen molar-refractivity contribution in [2.45, 2.75) is 24.9 Å². The summed E-state index contributed by atoms with van der Waals surface area (Å²) in [4.78, 5) is 53.0. The molecule has 16 N–H and O–H groups in total. The van der Waals surface area contributed by atoms with Crippen LogP contribution in [-0.4, -0.2) is 49.7 Å². The first-order valence-corrected chi connectivity index (χ1v) is 11.4. The van der Waals surface area contributed by atoms with E-state index in [9.17, 15) is 38.3 Å². The number of phosphoric ester groups is 1. The number of phosphoric acid groups is 3. The largest absolute Gasteiger partial charge is 0.756 e. The fraction of sp³-hybridized carbons (Fsp3) is 0.625. The van der Waals surface area contributed by atoms with Crippen molar-refractivity contribution in [2.75, 3.05) is 6.61 Å². The Morgan fingerprint density at radius 2 is 1.81 bits per heavy atom. The molecule has 0 bridgehead atoms. The molecule has 31 heavy (non-hydrogen) atoms. The summed E-state index contributed by atoms with van der Waals surface area (Å²) in [6, 6.07) is 0. The second-order valence-corrected chi connectivity index (χ2v) is 9.46. The average molecular weight is 519 g/mol. The van der Waals surface area contributed by atoms with Crippen LogP contribution in [0.3, 0.4) is 0 Å². The van der Waals surface area contributed by atoms with Crippen molar-refractivity contribution in [1.29, 1.82) is 0 Å². The van der Waals surface area contributed by atoms with Crippen molar-refractivity contribution in [2.24, 2.45) is 5.73 Å². The molecule has 2 heterocycles. The standard InChI is InChI=1S/C8H15N4O13P3.3H3N/c9-8(14)4-2-10-12(11-4)7-1-5(13)6(23-7)3-22-27(18,19)25-28(20,21)24-26(15,16)17;;;/h2,5-7,13H,1,3H2,(H2,9,14)(H,18,19)(H,20,21)(H2,15,16,17);3*1H3/t5-,6+,7+;;;/m0.../s1. The minimum absolute atomic E-state index is 0. The van der Waals surface area contributed by atoms with Gasteiger partial charge in [0.25, 0.3) is 29.4 Å². The van der Waals surface area contributed by atoms with Gasteiger partial charge in [0.05, 0.1) is 18.9 Å². The molecule has 2 rings (SSSR count). The van der Waals surface area contributed by atoms with Gasteiger partial charge < -0.3 is 58.1 Å². The van der Waals surface area contributed by atoms with Gasteiger partial charge in [0.1, 0.15) is 6.10 Å². The van der Waals surface area contributed by atoms with Crippen molar-refractivity contribution in [3.8, 4) is 0 Å². The predicted octanol–water partition coefficient (Wildman–Crippen LogP) is -2.40. The van der Waals surface area contributed by atoms with Crippen LogP contribution in [0.15, 0.2) is 6.20 Å². The van der Waals surface area contributed by atoms with Gasteiger partial charge >= 0.3 is 0 Å². The van der Waals surface area contributed by atoms with E-state index in [1.54, 1.807) is 0 Å². The zero-order valence-corrected chi connectivity index (χ0v) is 19.1. The molecule has 20 nitrogen and oxygen atoms in total. The molecular weight excluding hydrogens is 495 g/mol. The Hall–Kier alpha value is -1.18. The molecular formula is C8H24N7O13P3. The summed E-state index contributed by atoms with van der Waals surface area (Å²) in [5.74, 6) is -0.871. The summed E-state index contributed by atoms with van der Waals surface area (Å²) in [5.41, 5.74) is 4.82. The first kappa shape index (κ1) is 32.0. The lowest BCUT2D eigenvalue weighted by molar-refractivity contribution is -0.250. The topological polar surface area (TPSA) is 381 Å². The summed E-state index contributed by atoms with van der Waals surface area (Å²) in [7, 11) is -17.6. The molecule has 0 aromatic carbocycles. The number of aliphatic hydroxyl groups excluding tert-OH is 1. The predicted molar refractivity (Wildman–Crippen MR) is 94.2 cm³/mol. The van der Waals surface area contributed by atoms with Crippen LogP contribution in [0.4, 0.5) is 0 Å². The highest BCUT2D eigenvalue weighted by Gasteiger charge is 2.37. The maximum atomic E-state index is 11.5. The molecule has 23 heteroatoms. The minimum Gasteiger partial charge on any atom is -0.756 e. The SMILES string of the molecule is NC(=O)c1cnn([C@H]2C[C@H](O)[C@@H](COP(=O)([O-])OP(=O)([O-])OP(=O)([O-])O)O2)n1.[NH4+].[NH4+].[NH4+]. The van der Waals surface area contributed by atoms with Crippen molar-refractivity contribution < 1.29 is 61.1 Å². The Kier molecular flexibility index (Phi) is 12.0. The lowest BCUT2D eigenvalue weighted by Crippen LogP contribution is -2.27. The molecule has 1 aromatic heterocycles. The smallest absolute Gasteiger partial charge is 0.280 e. The summed E-state index contributed by atoms with van der Waals surface area (Å²) >= 11 is 0. The number of nitrogens with zero attached hydrogens (tertiary/aromatic N) is 3. The highest BCUT2D eigenvalue weighted by atomic mass is 31.3. The quantitative estimate of drug-likeness (QED) is 0.185. The fourth-order valence-corrected chi connectivity index (χ4v) is 4.88. The number of hydrogen-bond acceptors (Lipinski definition) is 14. The molecule has 1 aromatic rings. The van der Waals surface area contributed by atoms with Crippen LogP contribution in [-0.2, 0) is 31.6 Å². The van der Waals surface area contributed by atoms with Gasteiger partial charge in [0.2, 0.25) is 0 Å². The van der Waals surface area contributed by atoms with Crippen molar-refractivity contribution >= 4 is 29.4 Å². The highest BCUT2D eigenvalue weighted by molar-refractivity contribution is 7.65. The lowest BCUT2D eigenvalue weighted by atomic mass is 10.2. The molecule has 184 valence electrons. The molecule has 0 aliphatic carbocycles. The third kappa shape index (κ3) is 9.87. The van der Waals surface area contributed by atoms with Gasteiger partial charge in [-0.3, -0.25) is 18.5 Å². The van der Waals surface area contributed by atoms with E-state index >= 15 is 0 Å². The summed E-state index contributed by atoms with van der Waals surface area (Å²) in [6.07, 6.45) is -2.79. The van der Waals surface area contributed by atoms with Gasteiger partial charge in [-0.05, 0) is 0 Å². The minimum atomic E-state index is -6.03. The zero-order valence-electron chi connectivity index (χ0n) is 16.4. The number of nitrogens with two attached hydrogens (primary N) is 1. The van der Waals surface area contributed by atoms with E-state index in [-0.39, 0.29) is 30.6 Å². The Morgan fingerprint density at radius 3 is 2.29 bits per heavy atom. The molecule has 1 aliphatic rings. The molecule has 0 spiro atoms. The number of ether oxygens (including phenoxy) is 1. The van der Waals surface area contributed by atoms with Gasteiger partial charge in [-0.15, -0.1) is 5.10 Å². The van der Waals surface area contributed by atoms with Crippen LogP contribution in [0.25, 0.3) is 0 Å². The third-order valence-electron chi connectivity index (χ3n) is 3.02. The summed E-state index contributed by atoms with van der Waals surface area (Å²) in [5, 5.41) is 17.3. The van der Waals surface area contributed by atoms with Crippen molar-refractivity contribution in [3.63, 3.8) is 0 Å². The van der Waals surface area contributed by atoms with Crippen LogP contribution in [0.2, 0.25) is 0 Å². The van der Waals surface area contributed by atoms with Gasteiger partial charge in [0, 0.05) is 6.42 Å². The molecule has 1 aliphatic heterocycles. The third-order valence-corrected chi connectivity index (χ3v) is 6.71. The number of quaternary nitrogens is 3. The van der Waals surface area contributed by atoms with E-state index in [0.29, 0.717) is 0 Å². The first-order valence-electron chi connectivity index (χ1n) is 6.96. The van der Waals surface area contributed by atoms with Gasteiger partial charge in [-0.2, -0.15) is 9.90 Å². The number of carbonyl (C=O) groups excluding carboxylic acids is 1. The molecule has 1 amide bonds. The Bertz CT molecular complexity index is 875. The number of aromatic nitrogens is 3. The molecule has 1 saturated heterocycles. The van der Waals surface area contributed by atoms with Crippen LogP contribution in [0.1, 0.15) is 23.1 Å². The van der Waals surface area contributed by atoms with Crippen LogP contribution >= 0.6 is 23.5 Å². The van der Waals surface area contributed by atoms with E-state index in [4.69, 9.17) is 15.4 Å². The zero-order chi connectivity index (χ0) is 21.3. The summed E-state index contributed by atoms with van der Waals surface area (Å²) < 4.78 is 48.9. The molecule has 6 atom stereocenters. The average Bonchev–Trinajstić information content (AvgIpc) is 3.07. The first-order chi connectivity index (χ1) is 12.7. The van der Waals surface area contributed by atoms with E-state index < -0.39 is 54.4 Å². The maximum absolute atomic E-state index is 11.5. The number of amides is 1. The highest BCUT2D eigenvalue weighted by Crippen LogP contribution is 2.61. The number of rotatable bonds is 9. The van der Waals surface area contributed by atoms with Gasteiger partial charge in [-0.25, -0.2) is 8.62 Å². The number of aliphatic hydroxyl groups is 1. The number of carbonyl (C=O) groups is 1. The van der Waals surface area contributed by atoms with Crippen LogP contribution in [0.5, 0.6) is 0 Å². The molecule has 3 unspecified atom stereocenters. The summed E-state index contributed by atoms with van der Waals surface area (Å²) in [6.45, 7) is -0.948. The Morgan fingerprint density at radius 1 is 1.23 bits per heavy atom. The van der Waals surface area contributed by atoms with Crippen molar-refractivity contribution in [3.05, 3.63) is 11.9 Å². The van der Waals surface area contributed by atoms with E-state index in [0.717, 1.165) is 11.0 Å². The monoisotopic (exact) mass is 519 g/mol. The van der Waals surface area contributed by atoms with E-state index in [1.165, 1.54) is 0 Å².